The van der Waals surface area contributed by atoms with Crippen LogP contribution in [0.5, 0.6) is 0 Å². The van der Waals surface area contributed by atoms with Crippen molar-refractivity contribution in [3.05, 3.63) is 44.5 Å². The monoisotopic (exact) mass is 229 g/mol. The Kier molecular flexibility index (Phi) is 3.08. The fraction of sp³-hybridized carbons (Fsp3) is 0.143. The first-order valence-electron chi connectivity index (χ1n) is 3.19. The molecule has 1 aromatic rings. The zero-order chi connectivity index (χ0) is 8.97. The molecule has 1 rings (SSSR count). The average molecular weight is 230 g/mol. The van der Waals surface area contributed by atoms with E-state index in [1.165, 1.54) is 6.07 Å². The first-order valence-corrected chi connectivity index (χ1v) is 3.98. The second-order valence-corrected chi connectivity index (χ2v) is 2.89. The van der Waals surface area contributed by atoms with E-state index in [1.807, 2.05) is 0 Å². The zero-order valence-corrected chi connectivity index (χ0v) is 7.62. The summed E-state index contributed by atoms with van der Waals surface area (Å²) in [6.45, 7) is 0.162. The Morgan fingerprint density at radius 3 is 3.00 bits per heavy atom. The summed E-state index contributed by atoms with van der Waals surface area (Å²) in [6.07, 6.45) is 0. The molecule has 0 bridgehead atoms. The van der Waals surface area contributed by atoms with Gasteiger partial charge in [0.25, 0.3) is 0 Å². The van der Waals surface area contributed by atoms with Gasteiger partial charge in [0.2, 0.25) is 0 Å². The van der Waals surface area contributed by atoms with Crippen LogP contribution in [0, 0.1) is 5.82 Å². The molecule has 0 fully saturated rings. The molecule has 0 saturated heterocycles. The van der Waals surface area contributed by atoms with Gasteiger partial charge in [-0.05, 0) is 33.1 Å². The fourth-order valence-corrected chi connectivity index (χ4v) is 1.17. The molecule has 0 unspecified atom stereocenters. The first-order chi connectivity index (χ1) is 5.75. The lowest BCUT2D eigenvalue weighted by atomic mass is 10.2. The van der Waals surface area contributed by atoms with Crippen molar-refractivity contribution in [3.8, 4) is 0 Å². The SMILES string of the molecule is [N-]=[N+]=NCc1cccc(F)c1Br. The van der Waals surface area contributed by atoms with Crippen LogP contribution in [0.25, 0.3) is 10.4 Å². The normalized spacial score (nSPS) is 9.17. The summed E-state index contributed by atoms with van der Waals surface area (Å²) in [5.74, 6) is -0.347. The highest BCUT2D eigenvalue weighted by Crippen LogP contribution is 2.20. The van der Waals surface area contributed by atoms with Crippen molar-refractivity contribution in [2.24, 2.45) is 5.11 Å². The molecule has 0 spiro atoms. The van der Waals surface area contributed by atoms with Gasteiger partial charge in [-0.15, -0.1) is 0 Å². The Morgan fingerprint density at radius 1 is 1.58 bits per heavy atom. The Hall–Kier alpha value is -1.06. The molecule has 3 nitrogen and oxygen atoms in total. The second-order valence-electron chi connectivity index (χ2n) is 2.10. The summed E-state index contributed by atoms with van der Waals surface area (Å²) in [7, 11) is 0. The van der Waals surface area contributed by atoms with Crippen LogP contribution in [-0.2, 0) is 6.54 Å². The van der Waals surface area contributed by atoms with Gasteiger partial charge in [0.1, 0.15) is 5.82 Å². The lowest BCUT2D eigenvalue weighted by molar-refractivity contribution is 0.618. The van der Waals surface area contributed by atoms with Gasteiger partial charge in [-0.3, -0.25) is 0 Å². The van der Waals surface area contributed by atoms with Gasteiger partial charge in [-0.1, -0.05) is 17.2 Å². The lowest BCUT2D eigenvalue weighted by Crippen LogP contribution is -1.85. The summed E-state index contributed by atoms with van der Waals surface area (Å²) in [5.41, 5.74) is 8.68. The van der Waals surface area contributed by atoms with Crippen LogP contribution in [0.3, 0.4) is 0 Å². The van der Waals surface area contributed by atoms with E-state index in [-0.39, 0.29) is 12.4 Å². The van der Waals surface area contributed by atoms with Crippen molar-refractivity contribution >= 4 is 15.9 Å². The largest absolute Gasteiger partial charge is 0.206 e. The number of benzene rings is 1. The van der Waals surface area contributed by atoms with E-state index in [1.54, 1.807) is 12.1 Å². The van der Waals surface area contributed by atoms with E-state index in [9.17, 15) is 4.39 Å². The predicted molar refractivity (Wildman–Crippen MR) is 47.0 cm³/mol. The minimum absolute atomic E-state index is 0.162. The molecule has 0 saturated carbocycles. The summed E-state index contributed by atoms with van der Waals surface area (Å²) in [4.78, 5) is 2.58. The number of hydrogen-bond acceptors (Lipinski definition) is 1. The van der Waals surface area contributed by atoms with Crippen LogP contribution < -0.4 is 0 Å². The van der Waals surface area contributed by atoms with Crippen LogP contribution in [0.4, 0.5) is 4.39 Å². The number of hydrogen-bond donors (Lipinski definition) is 0. The zero-order valence-electron chi connectivity index (χ0n) is 6.04. The van der Waals surface area contributed by atoms with Crippen LogP contribution in [0.2, 0.25) is 0 Å². The summed E-state index contributed by atoms with van der Waals surface area (Å²) in [6, 6.07) is 4.60. The van der Waals surface area contributed by atoms with Crippen molar-refractivity contribution < 1.29 is 4.39 Å². The van der Waals surface area contributed by atoms with Crippen molar-refractivity contribution in [1.82, 2.24) is 0 Å². The average Bonchev–Trinajstić information content (AvgIpc) is 2.08. The van der Waals surface area contributed by atoms with E-state index in [0.717, 1.165) is 0 Å². The maximum absolute atomic E-state index is 12.8. The molecule has 5 heteroatoms. The molecule has 12 heavy (non-hydrogen) atoms. The molecule has 0 radical (unpaired) electrons. The van der Waals surface area contributed by atoms with Crippen LogP contribution in [0.1, 0.15) is 5.56 Å². The molecular formula is C7H5BrFN3. The molecule has 0 aliphatic heterocycles. The van der Waals surface area contributed by atoms with Crippen molar-refractivity contribution in [1.29, 1.82) is 0 Å². The maximum Gasteiger partial charge on any atom is 0.137 e. The third-order valence-electron chi connectivity index (χ3n) is 1.34. The van der Waals surface area contributed by atoms with Gasteiger partial charge < -0.3 is 0 Å². The number of halogens is 2. The summed E-state index contributed by atoms with van der Waals surface area (Å²) in [5, 5.41) is 3.33. The highest BCUT2D eigenvalue weighted by Gasteiger charge is 2.02. The smallest absolute Gasteiger partial charge is 0.137 e. The van der Waals surface area contributed by atoms with Crippen LogP contribution in [0.15, 0.2) is 27.8 Å². The van der Waals surface area contributed by atoms with E-state index < -0.39 is 0 Å². The highest BCUT2D eigenvalue weighted by atomic mass is 79.9. The number of nitrogens with zero attached hydrogens (tertiary/aromatic N) is 3. The third-order valence-corrected chi connectivity index (χ3v) is 2.22. The Morgan fingerprint density at radius 2 is 2.33 bits per heavy atom. The van der Waals surface area contributed by atoms with E-state index >= 15 is 0 Å². The molecule has 0 atom stereocenters. The van der Waals surface area contributed by atoms with Gasteiger partial charge in [0, 0.05) is 4.91 Å². The predicted octanol–water partition coefficient (Wildman–Crippen LogP) is 3.40. The molecule has 0 N–H and O–H groups in total. The standard InChI is InChI=1S/C7H5BrFN3/c8-7-5(4-11-12-10)2-1-3-6(7)9/h1-3H,4H2. The fourth-order valence-electron chi connectivity index (χ4n) is 0.778. The molecule has 62 valence electrons. The Bertz CT molecular complexity index is 333. The summed E-state index contributed by atoms with van der Waals surface area (Å²) >= 11 is 3.05. The molecule has 0 aliphatic rings. The van der Waals surface area contributed by atoms with Crippen LogP contribution in [-0.4, -0.2) is 0 Å². The maximum atomic E-state index is 12.8. The van der Waals surface area contributed by atoms with Gasteiger partial charge >= 0.3 is 0 Å². The molecule has 0 aromatic heterocycles. The van der Waals surface area contributed by atoms with Gasteiger partial charge in [-0.25, -0.2) is 4.39 Å². The molecule has 1 aromatic carbocycles. The summed E-state index contributed by atoms with van der Waals surface area (Å²) < 4.78 is 13.2. The topological polar surface area (TPSA) is 48.8 Å². The van der Waals surface area contributed by atoms with Gasteiger partial charge in [0.05, 0.1) is 11.0 Å². The van der Waals surface area contributed by atoms with E-state index in [4.69, 9.17) is 5.53 Å². The van der Waals surface area contributed by atoms with Crippen molar-refractivity contribution in [2.75, 3.05) is 0 Å². The lowest BCUT2D eigenvalue weighted by Gasteiger charge is -1.99. The van der Waals surface area contributed by atoms with E-state index in [0.29, 0.717) is 10.0 Å². The minimum atomic E-state index is -0.347. The molecule has 0 heterocycles. The Labute approximate surface area is 77.0 Å². The molecular weight excluding hydrogens is 225 g/mol. The van der Waals surface area contributed by atoms with E-state index in [2.05, 4.69) is 26.0 Å². The minimum Gasteiger partial charge on any atom is -0.206 e. The second kappa shape index (κ2) is 4.09. The Balaban J connectivity index is 2.99. The van der Waals surface area contributed by atoms with Gasteiger partial charge in [0.15, 0.2) is 0 Å². The molecule has 0 amide bonds. The highest BCUT2D eigenvalue weighted by molar-refractivity contribution is 9.10. The number of azide groups is 1. The van der Waals surface area contributed by atoms with Crippen LogP contribution >= 0.6 is 15.9 Å². The van der Waals surface area contributed by atoms with Crippen molar-refractivity contribution in [2.45, 2.75) is 6.54 Å². The molecule has 0 aliphatic carbocycles. The quantitative estimate of drug-likeness (QED) is 0.424. The third kappa shape index (κ3) is 1.96. The first kappa shape index (κ1) is 9.03. The van der Waals surface area contributed by atoms with Gasteiger partial charge in [-0.2, -0.15) is 0 Å². The van der Waals surface area contributed by atoms with Crippen molar-refractivity contribution in [3.63, 3.8) is 0 Å². The number of rotatable bonds is 2.